The van der Waals surface area contributed by atoms with Crippen LogP contribution in [0.1, 0.15) is 37.8 Å². The van der Waals surface area contributed by atoms with Crippen molar-refractivity contribution in [1.82, 2.24) is 5.32 Å². The van der Waals surface area contributed by atoms with Gasteiger partial charge in [-0.1, -0.05) is 50.2 Å². The van der Waals surface area contributed by atoms with E-state index in [1.807, 2.05) is 36.4 Å². The first-order chi connectivity index (χ1) is 13.4. The number of carboxylic acids is 1. The zero-order valence-corrected chi connectivity index (χ0v) is 16.4. The number of fused-ring (bicyclic) bond motifs is 1. The zero-order chi connectivity index (χ0) is 20.3. The number of aliphatic carboxylic acids is 1. The second-order valence-electron chi connectivity index (χ2n) is 7.38. The molecule has 2 atom stereocenters. The topological polar surface area (TPSA) is 78.9 Å². The molecule has 0 aromatic heterocycles. The van der Waals surface area contributed by atoms with E-state index in [9.17, 15) is 14.7 Å². The van der Waals surface area contributed by atoms with Crippen molar-refractivity contribution in [3.05, 3.63) is 59.7 Å². The minimum absolute atomic E-state index is 0.0796. The first kappa shape index (κ1) is 19.9. The molecule has 0 spiro atoms. The van der Waals surface area contributed by atoms with Crippen molar-refractivity contribution < 1.29 is 19.4 Å². The van der Waals surface area contributed by atoms with Crippen LogP contribution < -0.4 is 15.0 Å². The summed E-state index contributed by atoms with van der Waals surface area (Å²) < 4.78 is 5.81. The SMILES string of the molecule is CC(C)c1ccc(CN2C(=O)C(N[C@H](C)C(=O)O)COc3ccccc32)cc1. The molecule has 1 aliphatic heterocycles. The number of nitrogens with zero attached hydrogens (tertiary/aromatic N) is 1. The molecular formula is C22H26N2O4. The van der Waals surface area contributed by atoms with Crippen molar-refractivity contribution in [1.29, 1.82) is 0 Å². The molecule has 0 saturated carbocycles. The highest BCUT2D eigenvalue weighted by Crippen LogP contribution is 2.32. The van der Waals surface area contributed by atoms with Gasteiger partial charge < -0.3 is 14.7 Å². The Hall–Kier alpha value is -2.86. The molecule has 1 aliphatic rings. The van der Waals surface area contributed by atoms with Crippen molar-refractivity contribution in [2.24, 2.45) is 0 Å². The van der Waals surface area contributed by atoms with Crippen molar-refractivity contribution in [2.45, 2.75) is 45.3 Å². The van der Waals surface area contributed by atoms with Crippen LogP contribution in [0.2, 0.25) is 0 Å². The van der Waals surface area contributed by atoms with Crippen LogP contribution in [0.4, 0.5) is 5.69 Å². The number of anilines is 1. The van der Waals surface area contributed by atoms with Gasteiger partial charge >= 0.3 is 5.97 Å². The van der Waals surface area contributed by atoms with E-state index in [4.69, 9.17) is 4.74 Å². The number of hydrogen-bond acceptors (Lipinski definition) is 4. The number of ether oxygens (including phenoxy) is 1. The summed E-state index contributed by atoms with van der Waals surface area (Å²) in [5, 5.41) is 12.1. The van der Waals surface area contributed by atoms with Gasteiger partial charge in [-0.3, -0.25) is 14.9 Å². The Morgan fingerprint density at radius 3 is 2.50 bits per heavy atom. The van der Waals surface area contributed by atoms with Gasteiger partial charge in [-0.15, -0.1) is 0 Å². The fourth-order valence-corrected chi connectivity index (χ4v) is 3.20. The lowest BCUT2D eigenvalue weighted by molar-refractivity contribution is -0.139. The fourth-order valence-electron chi connectivity index (χ4n) is 3.20. The summed E-state index contributed by atoms with van der Waals surface area (Å²) in [6, 6.07) is 14.0. The molecule has 0 fully saturated rings. The zero-order valence-electron chi connectivity index (χ0n) is 16.4. The van der Waals surface area contributed by atoms with E-state index >= 15 is 0 Å². The van der Waals surface area contributed by atoms with Crippen LogP contribution >= 0.6 is 0 Å². The third-order valence-electron chi connectivity index (χ3n) is 4.93. The predicted octanol–water partition coefficient (Wildman–Crippen LogP) is 3.17. The van der Waals surface area contributed by atoms with E-state index in [-0.39, 0.29) is 12.5 Å². The summed E-state index contributed by atoms with van der Waals surface area (Å²) in [5.74, 6) is -0.160. The second kappa shape index (κ2) is 8.44. The smallest absolute Gasteiger partial charge is 0.320 e. The van der Waals surface area contributed by atoms with Gasteiger partial charge in [0.15, 0.2) is 0 Å². The average molecular weight is 382 g/mol. The molecule has 1 heterocycles. The minimum atomic E-state index is -1.01. The quantitative estimate of drug-likeness (QED) is 0.802. The van der Waals surface area contributed by atoms with E-state index in [2.05, 4.69) is 31.3 Å². The molecule has 0 bridgehead atoms. The lowest BCUT2D eigenvalue weighted by Gasteiger charge is -2.26. The Balaban J connectivity index is 1.89. The highest BCUT2D eigenvalue weighted by molar-refractivity contribution is 5.99. The van der Waals surface area contributed by atoms with E-state index in [1.54, 1.807) is 4.90 Å². The van der Waals surface area contributed by atoms with Gasteiger partial charge in [0.25, 0.3) is 0 Å². The number of carbonyl (C=O) groups excluding carboxylic acids is 1. The lowest BCUT2D eigenvalue weighted by atomic mass is 10.0. The molecule has 1 unspecified atom stereocenters. The van der Waals surface area contributed by atoms with Crippen LogP contribution in [-0.4, -0.2) is 35.7 Å². The maximum atomic E-state index is 13.2. The van der Waals surface area contributed by atoms with Gasteiger partial charge in [0.2, 0.25) is 5.91 Å². The van der Waals surface area contributed by atoms with Crippen molar-refractivity contribution in [2.75, 3.05) is 11.5 Å². The Labute approximate surface area is 165 Å². The fraction of sp³-hybridized carbons (Fsp3) is 0.364. The first-order valence-electron chi connectivity index (χ1n) is 9.47. The van der Waals surface area contributed by atoms with E-state index < -0.39 is 18.1 Å². The molecule has 2 aromatic carbocycles. The van der Waals surface area contributed by atoms with Crippen LogP contribution in [0, 0.1) is 0 Å². The summed E-state index contributed by atoms with van der Waals surface area (Å²) in [6.45, 7) is 6.26. The molecular weight excluding hydrogens is 356 g/mol. The van der Waals surface area contributed by atoms with Crippen molar-refractivity contribution in [3.8, 4) is 5.75 Å². The summed E-state index contributed by atoms with van der Waals surface area (Å²) in [7, 11) is 0. The molecule has 148 valence electrons. The Morgan fingerprint density at radius 2 is 1.86 bits per heavy atom. The summed E-state index contributed by atoms with van der Waals surface area (Å²) in [5.41, 5.74) is 2.93. The number of nitrogens with one attached hydrogen (secondary N) is 1. The summed E-state index contributed by atoms with van der Waals surface area (Å²) >= 11 is 0. The summed E-state index contributed by atoms with van der Waals surface area (Å²) in [4.78, 5) is 26.1. The molecule has 28 heavy (non-hydrogen) atoms. The molecule has 0 aliphatic carbocycles. The predicted molar refractivity (Wildman–Crippen MR) is 108 cm³/mol. The molecule has 6 nitrogen and oxygen atoms in total. The van der Waals surface area contributed by atoms with Crippen LogP contribution in [0.25, 0.3) is 0 Å². The van der Waals surface area contributed by atoms with Crippen molar-refractivity contribution >= 4 is 17.6 Å². The van der Waals surface area contributed by atoms with Gasteiger partial charge in [0, 0.05) is 0 Å². The van der Waals surface area contributed by atoms with Crippen LogP contribution in [-0.2, 0) is 16.1 Å². The van der Waals surface area contributed by atoms with Gasteiger partial charge in [-0.05, 0) is 36.1 Å². The molecule has 2 aromatic rings. The number of benzene rings is 2. The second-order valence-corrected chi connectivity index (χ2v) is 7.38. The van der Waals surface area contributed by atoms with Gasteiger partial charge in [0.1, 0.15) is 24.4 Å². The summed E-state index contributed by atoms with van der Waals surface area (Å²) in [6.07, 6.45) is 0. The number of carboxylic acid groups (broad SMARTS) is 1. The van der Waals surface area contributed by atoms with Gasteiger partial charge in [0.05, 0.1) is 12.2 Å². The standard InChI is InChI=1S/C22H26N2O4/c1-14(2)17-10-8-16(9-11-17)12-24-19-6-4-5-7-20(19)28-13-18(21(24)25)23-15(3)22(26)27/h4-11,14-15,18,23H,12-13H2,1-3H3,(H,26,27)/t15-,18?/m1/s1. The molecule has 1 amide bonds. The monoisotopic (exact) mass is 382 g/mol. The maximum Gasteiger partial charge on any atom is 0.320 e. The molecule has 0 saturated heterocycles. The third-order valence-corrected chi connectivity index (χ3v) is 4.93. The lowest BCUT2D eigenvalue weighted by Crippen LogP contribution is -2.52. The first-order valence-corrected chi connectivity index (χ1v) is 9.47. The number of carbonyl (C=O) groups is 2. The van der Waals surface area contributed by atoms with E-state index in [1.165, 1.54) is 12.5 Å². The highest BCUT2D eigenvalue weighted by Gasteiger charge is 2.33. The Kier molecular flexibility index (Phi) is 5.99. The molecule has 3 rings (SSSR count). The van der Waals surface area contributed by atoms with Crippen LogP contribution in [0.15, 0.2) is 48.5 Å². The number of hydrogen-bond donors (Lipinski definition) is 2. The van der Waals surface area contributed by atoms with Gasteiger partial charge in [-0.25, -0.2) is 0 Å². The average Bonchev–Trinajstić information content (AvgIpc) is 2.80. The Morgan fingerprint density at radius 1 is 1.18 bits per heavy atom. The molecule has 2 N–H and O–H groups in total. The third kappa shape index (κ3) is 4.34. The van der Waals surface area contributed by atoms with Crippen LogP contribution in [0.5, 0.6) is 5.75 Å². The van der Waals surface area contributed by atoms with E-state index in [0.29, 0.717) is 23.9 Å². The molecule has 6 heteroatoms. The normalized spacial score (nSPS) is 17.6. The Bertz CT molecular complexity index is 848. The van der Waals surface area contributed by atoms with Crippen molar-refractivity contribution in [3.63, 3.8) is 0 Å². The number of rotatable bonds is 6. The molecule has 0 radical (unpaired) electrons. The number of para-hydroxylation sites is 2. The highest BCUT2D eigenvalue weighted by atomic mass is 16.5. The van der Waals surface area contributed by atoms with E-state index in [0.717, 1.165) is 5.56 Å². The largest absolute Gasteiger partial charge is 0.489 e. The maximum absolute atomic E-state index is 13.2. The van der Waals surface area contributed by atoms with Crippen LogP contribution in [0.3, 0.4) is 0 Å². The van der Waals surface area contributed by atoms with Gasteiger partial charge in [-0.2, -0.15) is 0 Å². The minimum Gasteiger partial charge on any atom is -0.489 e. The number of amides is 1.